The van der Waals surface area contributed by atoms with Crippen LogP contribution in [0.3, 0.4) is 0 Å². The van der Waals surface area contributed by atoms with Gasteiger partial charge in [-0.1, -0.05) is 28.2 Å². The van der Waals surface area contributed by atoms with E-state index in [4.69, 9.17) is 11.6 Å². The lowest BCUT2D eigenvalue weighted by Crippen LogP contribution is -2.01. The van der Waals surface area contributed by atoms with Gasteiger partial charge in [-0.25, -0.2) is 0 Å². The summed E-state index contributed by atoms with van der Waals surface area (Å²) in [4.78, 5) is 10.2. The minimum absolute atomic E-state index is 0.0112. The van der Waals surface area contributed by atoms with Crippen LogP contribution in [0.2, 0.25) is 4.34 Å². The molecule has 6 nitrogen and oxygen atoms in total. The maximum atomic E-state index is 11.9. The van der Waals surface area contributed by atoms with Crippen LogP contribution in [0.1, 0.15) is 11.3 Å². The summed E-state index contributed by atoms with van der Waals surface area (Å²) in [5.41, 5.74) is 1.13. The number of nitrogens with zero attached hydrogens (tertiary/aromatic N) is 3. The predicted molar refractivity (Wildman–Crippen MR) is 73.6 cm³/mol. The number of nitro benzene ring substituents is 1. The van der Waals surface area contributed by atoms with Crippen LogP contribution in [-0.2, 0) is 22.3 Å². The molecule has 1 aromatic carbocycles. The van der Waals surface area contributed by atoms with E-state index in [9.17, 15) is 14.3 Å². The van der Waals surface area contributed by atoms with E-state index in [1.54, 1.807) is 12.1 Å². The second kappa shape index (κ2) is 6.18. The lowest BCUT2D eigenvalue weighted by atomic mass is 10.2. The number of hydrogen-bond donors (Lipinski definition) is 0. The van der Waals surface area contributed by atoms with Crippen LogP contribution in [0.5, 0.6) is 0 Å². The highest BCUT2D eigenvalue weighted by atomic mass is 35.5. The van der Waals surface area contributed by atoms with Crippen LogP contribution in [-0.4, -0.2) is 18.7 Å². The fourth-order valence-corrected chi connectivity index (χ4v) is 3.39. The summed E-state index contributed by atoms with van der Waals surface area (Å²) < 4.78 is 16.0. The summed E-state index contributed by atoms with van der Waals surface area (Å²) in [5.74, 6) is 0.410. The topological polar surface area (TPSA) is 86.0 Å². The fraction of sp³-hybridized carbons (Fsp3) is 0.200. The average Bonchev–Trinajstić information content (AvgIpc) is 2.75. The molecule has 0 fully saturated rings. The van der Waals surface area contributed by atoms with Crippen molar-refractivity contribution in [2.75, 3.05) is 0 Å². The minimum Gasteiger partial charge on any atom is -0.259 e. The first-order chi connectivity index (χ1) is 9.06. The second-order valence-corrected chi connectivity index (χ2v) is 6.46. The quantitative estimate of drug-likeness (QED) is 0.625. The van der Waals surface area contributed by atoms with Gasteiger partial charge in [-0.2, -0.15) is 0 Å². The van der Waals surface area contributed by atoms with E-state index in [0.717, 1.165) is 11.5 Å². The molecule has 1 aromatic heterocycles. The summed E-state index contributed by atoms with van der Waals surface area (Å²) in [6.45, 7) is 0. The first-order valence-electron chi connectivity index (χ1n) is 5.11. The van der Waals surface area contributed by atoms with Crippen molar-refractivity contribution < 1.29 is 9.13 Å². The molecule has 19 heavy (non-hydrogen) atoms. The highest BCUT2D eigenvalue weighted by Crippen LogP contribution is 2.20. The standard InChI is InChI=1S/C10H8ClN3O3S2/c11-10-9(12-13-18-10)6-19(17)5-7-2-1-3-8(4-7)14(15)16/h1-4H,5-6H2/t19-/m0/s1. The number of halogens is 1. The van der Waals surface area contributed by atoms with Crippen molar-refractivity contribution in [2.24, 2.45) is 0 Å². The molecule has 0 bridgehead atoms. The van der Waals surface area contributed by atoms with Gasteiger partial charge in [-0.05, 0) is 5.56 Å². The summed E-state index contributed by atoms with van der Waals surface area (Å²) in [6, 6.07) is 6.08. The third kappa shape index (κ3) is 3.79. The van der Waals surface area contributed by atoms with Crippen molar-refractivity contribution in [3.8, 4) is 0 Å². The Morgan fingerprint density at radius 2 is 2.21 bits per heavy atom. The van der Waals surface area contributed by atoms with E-state index in [-0.39, 0.29) is 17.2 Å². The van der Waals surface area contributed by atoms with Gasteiger partial charge in [-0.15, -0.1) is 5.10 Å². The predicted octanol–water partition coefficient (Wildman–Crippen LogP) is 2.55. The number of non-ortho nitro benzene ring substituents is 1. The van der Waals surface area contributed by atoms with Crippen molar-refractivity contribution in [3.05, 3.63) is 50.0 Å². The summed E-state index contributed by atoms with van der Waals surface area (Å²) in [7, 11) is -1.24. The molecule has 100 valence electrons. The highest BCUT2D eigenvalue weighted by molar-refractivity contribution is 7.83. The SMILES string of the molecule is O=[N+]([O-])c1cccc(C[S@](=O)Cc2nnsc2Cl)c1. The smallest absolute Gasteiger partial charge is 0.259 e. The Bertz CT molecular complexity index is 632. The first-order valence-corrected chi connectivity index (χ1v) is 7.75. The zero-order valence-corrected chi connectivity index (χ0v) is 11.9. The molecule has 2 aromatic rings. The Morgan fingerprint density at radius 3 is 2.84 bits per heavy atom. The molecule has 0 N–H and O–H groups in total. The van der Waals surface area contributed by atoms with E-state index in [1.165, 1.54) is 12.1 Å². The van der Waals surface area contributed by atoms with Crippen molar-refractivity contribution in [1.29, 1.82) is 0 Å². The maximum Gasteiger partial charge on any atom is 0.269 e. The van der Waals surface area contributed by atoms with E-state index in [0.29, 0.717) is 15.6 Å². The largest absolute Gasteiger partial charge is 0.269 e. The molecule has 0 radical (unpaired) electrons. The second-order valence-electron chi connectivity index (χ2n) is 3.65. The van der Waals surface area contributed by atoms with Gasteiger partial charge in [0.25, 0.3) is 5.69 Å². The zero-order valence-electron chi connectivity index (χ0n) is 9.48. The van der Waals surface area contributed by atoms with Gasteiger partial charge >= 0.3 is 0 Å². The van der Waals surface area contributed by atoms with Crippen molar-refractivity contribution in [2.45, 2.75) is 11.5 Å². The molecule has 0 aliphatic carbocycles. The van der Waals surface area contributed by atoms with E-state index >= 15 is 0 Å². The highest BCUT2D eigenvalue weighted by Gasteiger charge is 2.12. The molecule has 0 saturated heterocycles. The number of hydrogen-bond acceptors (Lipinski definition) is 6. The Kier molecular flexibility index (Phi) is 4.56. The van der Waals surface area contributed by atoms with Gasteiger partial charge in [-0.3, -0.25) is 14.3 Å². The van der Waals surface area contributed by atoms with Crippen LogP contribution < -0.4 is 0 Å². The molecule has 2 rings (SSSR count). The van der Waals surface area contributed by atoms with Gasteiger partial charge in [0.1, 0.15) is 10.0 Å². The van der Waals surface area contributed by atoms with E-state index < -0.39 is 15.7 Å². The molecule has 0 unspecified atom stereocenters. The molecule has 0 spiro atoms. The number of nitro groups is 1. The lowest BCUT2D eigenvalue weighted by molar-refractivity contribution is -0.384. The van der Waals surface area contributed by atoms with Gasteiger partial charge in [0.15, 0.2) is 0 Å². The Balaban J connectivity index is 2.05. The monoisotopic (exact) mass is 317 g/mol. The first kappa shape index (κ1) is 14.0. The number of aromatic nitrogens is 2. The molecule has 1 atom stereocenters. The van der Waals surface area contributed by atoms with Crippen LogP contribution in [0.25, 0.3) is 0 Å². The van der Waals surface area contributed by atoms with Crippen molar-refractivity contribution >= 4 is 39.6 Å². The number of rotatable bonds is 5. The van der Waals surface area contributed by atoms with Crippen LogP contribution in [0, 0.1) is 10.1 Å². The Labute approximate surface area is 120 Å². The Morgan fingerprint density at radius 1 is 1.42 bits per heavy atom. The van der Waals surface area contributed by atoms with Gasteiger partial charge < -0.3 is 0 Å². The van der Waals surface area contributed by atoms with Gasteiger partial charge in [0, 0.05) is 40.2 Å². The van der Waals surface area contributed by atoms with Crippen LogP contribution in [0.15, 0.2) is 24.3 Å². The maximum absolute atomic E-state index is 11.9. The molecule has 9 heteroatoms. The normalized spacial score (nSPS) is 12.3. The van der Waals surface area contributed by atoms with Crippen LogP contribution >= 0.6 is 23.1 Å². The van der Waals surface area contributed by atoms with E-state index in [2.05, 4.69) is 9.59 Å². The summed E-state index contributed by atoms with van der Waals surface area (Å²) in [5, 5.41) is 14.4. The third-order valence-electron chi connectivity index (χ3n) is 2.26. The molecule has 0 saturated carbocycles. The molecule has 0 amide bonds. The average molecular weight is 318 g/mol. The van der Waals surface area contributed by atoms with Gasteiger partial charge in [0.05, 0.1) is 10.7 Å². The zero-order chi connectivity index (χ0) is 13.8. The fourth-order valence-electron chi connectivity index (χ4n) is 1.43. The summed E-state index contributed by atoms with van der Waals surface area (Å²) >= 11 is 6.86. The van der Waals surface area contributed by atoms with Gasteiger partial charge in [0.2, 0.25) is 0 Å². The summed E-state index contributed by atoms with van der Waals surface area (Å²) in [6.07, 6.45) is 0. The van der Waals surface area contributed by atoms with Crippen LogP contribution in [0.4, 0.5) is 5.69 Å². The molecule has 0 aliphatic heterocycles. The molecular weight excluding hydrogens is 310 g/mol. The molecule has 1 heterocycles. The molecular formula is C10H8ClN3O3S2. The lowest BCUT2D eigenvalue weighted by Gasteiger charge is -2.01. The number of benzene rings is 1. The third-order valence-corrected chi connectivity index (χ3v) is 4.49. The molecule has 0 aliphatic rings. The van der Waals surface area contributed by atoms with Crippen molar-refractivity contribution in [1.82, 2.24) is 9.59 Å². The van der Waals surface area contributed by atoms with E-state index in [1.807, 2.05) is 0 Å². The van der Waals surface area contributed by atoms with Crippen molar-refractivity contribution in [3.63, 3.8) is 0 Å². The Hall–Kier alpha value is -1.38. The minimum atomic E-state index is -1.24.